The summed E-state index contributed by atoms with van der Waals surface area (Å²) in [5, 5.41) is 9.44. The number of aryl methyl sites for hydroxylation is 2. The van der Waals surface area contributed by atoms with Crippen LogP contribution >= 0.6 is 23.2 Å². The highest BCUT2D eigenvalue weighted by Crippen LogP contribution is 2.26. The van der Waals surface area contributed by atoms with Crippen LogP contribution in [-0.4, -0.2) is 10.2 Å². The first-order valence-corrected chi connectivity index (χ1v) is 7.53. The van der Waals surface area contributed by atoms with E-state index in [0.717, 1.165) is 28.9 Å². The van der Waals surface area contributed by atoms with Gasteiger partial charge in [-0.2, -0.15) is 10.2 Å². The van der Waals surface area contributed by atoms with Gasteiger partial charge in [-0.3, -0.25) is 11.3 Å². The Morgan fingerprint density at radius 1 is 1.19 bits per heavy atom. The quantitative estimate of drug-likeness (QED) is 0.653. The monoisotopic (exact) mass is 324 g/mol. The molecule has 1 atom stereocenters. The topological polar surface area (TPSA) is 63.8 Å². The van der Waals surface area contributed by atoms with Crippen LogP contribution in [0, 0.1) is 6.92 Å². The molecular formula is C15H18Cl2N4. The second-order valence-electron chi connectivity index (χ2n) is 4.91. The summed E-state index contributed by atoms with van der Waals surface area (Å²) in [6, 6.07) is 7.58. The molecule has 1 aromatic carbocycles. The van der Waals surface area contributed by atoms with Crippen molar-refractivity contribution < 1.29 is 0 Å². The summed E-state index contributed by atoms with van der Waals surface area (Å²) in [4.78, 5) is 0. The number of nitrogens with zero attached hydrogens (tertiary/aromatic N) is 2. The van der Waals surface area contributed by atoms with E-state index in [2.05, 4.69) is 22.5 Å². The van der Waals surface area contributed by atoms with Crippen molar-refractivity contribution in [2.45, 2.75) is 32.7 Å². The van der Waals surface area contributed by atoms with Gasteiger partial charge in [0.1, 0.15) is 0 Å². The van der Waals surface area contributed by atoms with Crippen LogP contribution in [0.15, 0.2) is 24.3 Å². The molecule has 0 bridgehead atoms. The molecule has 0 aliphatic carbocycles. The molecule has 1 unspecified atom stereocenters. The fourth-order valence-electron chi connectivity index (χ4n) is 2.27. The second kappa shape index (κ2) is 7.18. The Balaban J connectivity index is 2.31. The van der Waals surface area contributed by atoms with Crippen LogP contribution in [0.5, 0.6) is 0 Å². The van der Waals surface area contributed by atoms with Gasteiger partial charge in [0.05, 0.1) is 27.5 Å². The van der Waals surface area contributed by atoms with Gasteiger partial charge in [-0.1, -0.05) is 36.2 Å². The smallest absolute Gasteiger partial charge is 0.0676 e. The molecule has 4 nitrogen and oxygen atoms in total. The lowest BCUT2D eigenvalue weighted by Crippen LogP contribution is -2.30. The lowest BCUT2D eigenvalue weighted by Gasteiger charge is -2.19. The number of nitrogens with one attached hydrogen (secondary N) is 1. The maximum atomic E-state index is 6.06. The number of hydrogen-bond donors (Lipinski definition) is 2. The van der Waals surface area contributed by atoms with Crippen LogP contribution in [0.1, 0.15) is 35.5 Å². The highest BCUT2D eigenvalue weighted by molar-refractivity contribution is 6.42. The highest BCUT2D eigenvalue weighted by Gasteiger charge is 2.16. The Kier molecular flexibility index (Phi) is 5.53. The summed E-state index contributed by atoms with van der Waals surface area (Å²) in [5.41, 5.74) is 6.81. The molecule has 0 spiro atoms. The minimum absolute atomic E-state index is 0.0496. The van der Waals surface area contributed by atoms with Gasteiger partial charge >= 0.3 is 0 Å². The number of benzene rings is 1. The van der Waals surface area contributed by atoms with Gasteiger partial charge < -0.3 is 0 Å². The zero-order valence-corrected chi connectivity index (χ0v) is 13.5. The number of rotatable bonds is 5. The van der Waals surface area contributed by atoms with Gasteiger partial charge in [-0.15, -0.1) is 0 Å². The molecule has 0 radical (unpaired) electrons. The zero-order valence-electron chi connectivity index (χ0n) is 12.0. The first-order valence-electron chi connectivity index (χ1n) is 6.78. The van der Waals surface area contributed by atoms with Gasteiger partial charge in [0, 0.05) is 0 Å². The molecule has 0 saturated heterocycles. The van der Waals surface area contributed by atoms with Crippen molar-refractivity contribution in [1.82, 2.24) is 15.6 Å². The van der Waals surface area contributed by atoms with Crippen LogP contribution in [0.4, 0.5) is 0 Å². The number of nitrogens with two attached hydrogens (primary N) is 1. The minimum atomic E-state index is -0.0496. The summed E-state index contributed by atoms with van der Waals surface area (Å²) >= 11 is 12.0. The first kappa shape index (κ1) is 16.2. The lowest BCUT2D eigenvalue weighted by molar-refractivity contribution is 0.541. The molecule has 0 aliphatic heterocycles. The van der Waals surface area contributed by atoms with Crippen molar-refractivity contribution in [2.24, 2.45) is 5.84 Å². The maximum absolute atomic E-state index is 6.06. The number of aromatic nitrogens is 2. The van der Waals surface area contributed by atoms with E-state index in [0.29, 0.717) is 16.5 Å². The summed E-state index contributed by atoms with van der Waals surface area (Å²) < 4.78 is 0. The third kappa shape index (κ3) is 3.92. The van der Waals surface area contributed by atoms with Crippen molar-refractivity contribution in [3.63, 3.8) is 0 Å². The molecular weight excluding hydrogens is 307 g/mol. The van der Waals surface area contributed by atoms with Gasteiger partial charge in [0.15, 0.2) is 0 Å². The third-order valence-electron chi connectivity index (χ3n) is 3.36. The maximum Gasteiger partial charge on any atom is 0.0676 e. The van der Waals surface area contributed by atoms with Crippen molar-refractivity contribution in [1.29, 1.82) is 0 Å². The van der Waals surface area contributed by atoms with E-state index >= 15 is 0 Å². The van der Waals surface area contributed by atoms with Crippen LogP contribution < -0.4 is 11.3 Å². The van der Waals surface area contributed by atoms with Crippen molar-refractivity contribution >= 4 is 23.2 Å². The predicted octanol–water partition coefficient (Wildman–Crippen LogP) is 3.40. The Bertz CT molecular complexity index is 631. The fraction of sp³-hybridized carbons (Fsp3) is 0.333. The Morgan fingerprint density at radius 2 is 1.95 bits per heavy atom. The predicted molar refractivity (Wildman–Crippen MR) is 86.4 cm³/mol. The van der Waals surface area contributed by atoms with E-state index in [-0.39, 0.29) is 6.04 Å². The van der Waals surface area contributed by atoms with E-state index < -0.39 is 0 Å². The van der Waals surface area contributed by atoms with Crippen LogP contribution in [0.2, 0.25) is 10.0 Å². The number of hydrogen-bond acceptors (Lipinski definition) is 4. The average molecular weight is 325 g/mol. The van der Waals surface area contributed by atoms with Crippen molar-refractivity contribution in [2.75, 3.05) is 0 Å². The van der Waals surface area contributed by atoms with Crippen molar-refractivity contribution in [3.05, 3.63) is 56.8 Å². The Labute approximate surface area is 134 Å². The average Bonchev–Trinajstić information content (AvgIpc) is 2.48. The molecule has 2 rings (SSSR count). The third-order valence-corrected chi connectivity index (χ3v) is 4.10. The molecule has 21 heavy (non-hydrogen) atoms. The molecule has 1 aromatic heterocycles. The first-order chi connectivity index (χ1) is 10.0. The lowest BCUT2D eigenvalue weighted by atomic mass is 9.97. The summed E-state index contributed by atoms with van der Waals surface area (Å²) in [5.74, 6) is 5.74. The Hall–Kier alpha value is -1.20. The van der Waals surface area contributed by atoms with Gasteiger partial charge in [0.25, 0.3) is 0 Å². The molecule has 0 fully saturated rings. The summed E-state index contributed by atoms with van der Waals surface area (Å²) in [6.07, 6.45) is 1.51. The molecule has 0 aliphatic rings. The molecule has 2 aromatic rings. The van der Waals surface area contributed by atoms with Gasteiger partial charge in [0.2, 0.25) is 0 Å². The van der Waals surface area contributed by atoms with Crippen LogP contribution in [0.3, 0.4) is 0 Å². The van der Waals surface area contributed by atoms with Gasteiger partial charge in [-0.25, -0.2) is 0 Å². The molecule has 1 heterocycles. The standard InChI is InChI=1S/C15H18Cl2N4/c1-3-14-11(6-9(2)20-21-14)15(19-18)8-10-4-5-12(16)13(17)7-10/h4-7,15,19H,3,8,18H2,1-2H3. The van der Waals surface area contributed by atoms with E-state index in [9.17, 15) is 0 Å². The summed E-state index contributed by atoms with van der Waals surface area (Å²) in [7, 11) is 0. The molecule has 6 heteroatoms. The SMILES string of the molecule is CCc1nnc(C)cc1C(Cc1ccc(Cl)c(Cl)c1)NN. The molecule has 0 saturated carbocycles. The largest absolute Gasteiger partial charge is 0.271 e. The highest BCUT2D eigenvalue weighted by atomic mass is 35.5. The molecule has 112 valence electrons. The van der Waals surface area contributed by atoms with Crippen molar-refractivity contribution in [3.8, 4) is 0 Å². The number of hydrazine groups is 1. The van der Waals surface area contributed by atoms with Gasteiger partial charge in [-0.05, 0) is 49.1 Å². The van der Waals surface area contributed by atoms with Crippen LogP contribution in [0.25, 0.3) is 0 Å². The van der Waals surface area contributed by atoms with E-state index in [4.69, 9.17) is 29.0 Å². The number of halogens is 2. The second-order valence-corrected chi connectivity index (χ2v) is 5.73. The Morgan fingerprint density at radius 3 is 2.57 bits per heavy atom. The minimum Gasteiger partial charge on any atom is -0.271 e. The molecule has 3 N–H and O–H groups in total. The molecule has 0 amide bonds. The van der Waals surface area contributed by atoms with Crippen LogP contribution in [-0.2, 0) is 12.8 Å². The zero-order chi connectivity index (χ0) is 15.4. The normalized spacial score (nSPS) is 12.4. The summed E-state index contributed by atoms with van der Waals surface area (Å²) in [6.45, 7) is 3.97. The fourth-order valence-corrected chi connectivity index (χ4v) is 2.59. The van der Waals surface area contributed by atoms with E-state index in [1.807, 2.05) is 25.1 Å². The van der Waals surface area contributed by atoms with E-state index in [1.165, 1.54) is 0 Å². The van der Waals surface area contributed by atoms with E-state index in [1.54, 1.807) is 6.07 Å².